The number of benzene rings is 2. The van der Waals surface area contributed by atoms with Gasteiger partial charge in [0.05, 0.1) is 17.6 Å². The number of fused-ring (bicyclic) bond motifs is 1. The van der Waals surface area contributed by atoms with E-state index in [4.69, 9.17) is 11.6 Å². The van der Waals surface area contributed by atoms with Crippen molar-refractivity contribution < 1.29 is 39.5 Å². The number of unbranched alkanes of at least 4 members (excludes halogenated alkanes) is 4. The molecule has 0 N–H and O–H groups in total. The van der Waals surface area contributed by atoms with Crippen LogP contribution in [-0.4, -0.2) is 15.1 Å². The van der Waals surface area contributed by atoms with Gasteiger partial charge in [0.1, 0.15) is 0 Å². The Labute approximate surface area is 197 Å². The average molecular weight is 423 g/mol. The monoisotopic (exact) mass is 422 g/mol. The zero-order valence-corrected chi connectivity index (χ0v) is 19.5. The molecule has 2 aromatic carbocycles. The largest absolute Gasteiger partial charge is 1.00 e. The smallest absolute Gasteiger partial charge is 0.550 e. The summed E-state index contributed by atoms with van der Waals surface area (Å²) in [6, 6.07) is 15.4. The fraction of sp³-hybridized carbons (Fsp3) is 0.364. The molecule has 0 atom stereocenters. The zero-order chi connectivity index (χ0) is 19.9. The molecule has 3 aromatic rings. The van der Waals surface area contributed by atoms with Gasteiger partial charge in [0, 0.05) is 17.5 Å². The first-order chi connectivity index (χ1) is 13.6. The SMILES string of the molecule is O=C([O-])CCCCCCCn1c(=O)n(Cc2ccc(Cl)cc2)c2ccccc21.[Na+]. The van der Waals surface area contributed by atoms with Crippen molar-refractivity contribution in [3.63, 3.8) is 0 Å². The Kier molecular flexibility index (Phi) is 9.50. The van der Waals surface area contributed by atoms with Gasteiger partial charge < -0.3 is 9.90 Å². The zero-order valence-electron chi connectivity index (χ0n) is 16.8. The van der Waals surface area contributed by atoms with Crippen molar-refractivity contribution in [2.24, 2.45) is 0 Å². The Morgan fingerprint density at radius 2 is 1.45 bits per heavy atom. The summed E-state index contributed by atoms with van der Waals surface area (Å²) in [7, 11) is 0. The standard InChI is InChI=1S/C22H25ClN2O3.Na/c23-18-13-11-17(12-14-18)16-25-20-9-6-5-8-19(20)24(22(25)28)15-7-3-1-2-4-10-21(26)27;/h5-6,8-9,11-14H,1-4,7,10,15-16H2,(H,26,27);/q;+1/p-1. The Morgan fingerprint density at radius 3 is 2.10 bits per heavy atom. The number of carboxylic acid groups (broad SMARTS) is 1. The first-order valence-electron chi connectivity index (χ1n) is 9.68. The van der Waals surface area contributed by atoms with Crippen molar-refractivity contribution >= 4 is 28.6 Å². The van der Waals surface area contributed by atoms with Crippen molar-refractivity contribution in [3.8, 4) is 0 Å². The third kappa shape index (κ3) is 6.48. The summed E-state index contributed by atoms with van der Waals surface area (Å²) in [6.07, 6.45) is 4.48. The van der Waals surface area contributed by atoms with Crippen LogP contribution in [0.5, 0.6) is 0 Å². The molecule has 0 saturated carbocycles. The molecule has 0 radical (unpaired) electrons. The number of nitrogens with zero attached hydrogens (tertiary/aromatic N) is 2. The second-order valence-corrected chi connectivity index (χ2v) is 7.46. The minimum absolute atomic E-state index is 0. The maximum atomic E-state index is 13.0. The van der Waals surface area contributed by atoms with Crippen LogP contribution in [0.2, 0.25) is 5.02 Å². The molecule has 0 unspecified atom stereocenters. The summed E-state index contributed by atoms with van der Waals surface area (Å²) >= 11 is 5.96. The van der Waals surface area contributed by atoms with E-state index in [9.17, 15) is 14.7 Å². The van der Waals surface area contributed by atoms with Crippen molar-refractivity contribution in [3.05, 3.63) is 69.6 Å². The van der Waals surface area contributed by atoms with Crippen LogP contribution in [0.15, 0.2) is 53.3 Å². The average Bonchev–Trinajstić information content (AvgIpc) is 2.94. The first-order valence-corrected chi connectivity index (χ1v) is 10.1. The minimum Gasteiger partial charge on any atom is -0.550 e. The van der Waals surface area contributed by atoms with Gasteiger partial charge in [0.15, 0.2) is 0 Å². The third-order valence-corrected chi connectivity index (χ3v) is 5.19. The van der Waals surface area contributed by atoms with E-state index in [1.54, 1.807) is 4.57 Å². The predicted molar refractivity (Wildman–Crippen MR) is 109 cm³/mol. The molecule has 29 heavy (non-hydrogen) atoms. The van der Waals surface area contributed by atoms with Crippen molar-refractivity contribution in [2.75, 3.05) is 0 Å². The second kappa shape index (κ2) is 11.6. The molecule has 0 aliphatic heterocycles. The Balaban J connectivity index is 0.00000300. The molecule has 7 heteroatoms. The number of halogens is 1. The minimum atomic E-state index is -0.986. The van der Waals surface area contributed by atoms with E-state index in [1.165, 1.54) is 0 Å². The summed E-state index contributed by atoms with van der Waals surface area (Å²) < 4.78 is 3.64. The van der Waals surface area contributed by atoms with E-state index in [1.807, 2.05) is 53.1 Å². The van der Waals surface area contributed by atoms with Crippen molar-refractivity contribution in [2.45, 2.75) is 51.6 Å². The second-order valence-electron chi connectivity index (χ2n) is 7.03. The summed E-state index contributed by atoms with van der Waals surface area (Å²) in [5, 5.41) is 11.1. The van der Waals surface area contributed by atoms with Crippen LogP contribution in [0.4, 0.5) is 0 Å². The topological polar surface area (TPSA) is 67.1 Å². The predicted octanol–water partition coefficient (Wildman–Crippen LogP) is 0.599. The van der Waals surface area contributed by atoms with E-state index >= 15 is 0 Å². The molecule has 1 aromatic heterocycles. The number of aliphatic carboxylic acids is 1. The van der Waals surface area contributed by atoms with Crippen LogP contribution in [0, 0.1) is 0 Å². The maximum Gasteiger partial charge on any atom is 1.00 e. The molecule has 0 aliphatic rings. The van der Waals surface area contributed by atoms with Crippen LogP contribution >= 0.6 is 11.6 Å². The molecule has 3 rings (SSSR count). The van der Waals surface area contributed by atoms with Crippen LogP contribution in [-0.2, 0) is 17.9 Å². The van der Waals surface area contributed by atoms with Crippen LogP contribution in [0.3, 0.4) is 0 Å². The fourth-order valence-corrected chi connectivity index (χ4v) is 3.61. The number of rotatable bonds is 10. The fourth-order valence-electron chi connectivity index (χ4n) is 3.48. The molecule has 0 amide bonds. The summed E-state index contributed by atoms with van der Waals surface area (Å²) in [5.41, 5.74) is 2.89. The van der Waals surface area contributed by atoms with Gasteiger partial charge in [-0.2, -0.15) is 0 Å². The third-order valence-electron chi connectivity index (χ3n) is 4.94. The van der Waals surface area contributed by atoms with E-state index in [-0.39, 0.29) is 41.7 Å². The van der Waals surface area contributed by atoms with Crippen LogP contribution in [0.25, 0.3) is 11.0 Å². The van der Waals surface area contributed by atoms with Gasteiger partial charge in [-0.25, -0.2) is 4.79 Å². The number of carbonyl (C=O) groups is 1. The summed E-state index contributed by atoms with van der Waals surface area (Å²) in [6.45, 7) is 1.17. The van der Waals surface area contributed by atoms with Gasteiger partial charge in [-0.1, -0.05) is 55.1 Å². The summed E-state index contributed by atoms with van der Waals surface area (Å²) in [5.74, 6) is -0.986. The van der Waals surface area contributed by atoms with Gasteiger partial charge in [0.2, 0.25) is 0 Å². The molecule has 0 spiro atoms. The van der Waals surface area contributed by atoms with Crippen molar-refractivity contribution in [1.29, 1.82) is 0 Å². The number of aromatic nitrogens is 2. The number of carboxylic acids is 1. The van der Waals surface area contributed by atoms with Gasteiger partial charge in [-0.15, -0.1) is 0 Å². The van der Waals surface area contributed by atoms with E-state index in [0.717, 1.165) is 42.3 Å². The quantitative estimate of drug-likeness (QED) is 0.355. The van der Waals surface area contributed by atoms with E-state index in [0.29, 0.717) is 24.5 Å². The van der Waals surface area contributed by atoms with Gasteiger partial charge in [-0.3, -0.25) is 9.13 Å². The normalized spacial score (nSPS) is 10.8. The Bertz CT molecular complexity index is 995. The van der Waals surface area contributed by atoms with Crippen LogP contribution < -0.4 is 40.4 Å². The number of carbonyl (C=O) groups excluding carboxylic acids is 1. The molecule has 0 aliphatic carbocycles. The molecule has 0 saturated heterocycles. The Morgan fingerprint density at radius 1 is 0.862 bits per heavy atom. The summed E-state index contributed by atoms with van der Waals surface area (Å²) in [4.78, 5) is 23.5. The van der Waals surface area contributed by atoms with Gasteiger partial charge in [0.25, 0.3) is 0 Å². The van der Waals surface area contributed by atoms with Crippen LogP contribution in [0.1, 0.15) is 44.1 Å². The number of para-hydroxylation sites is 2. The van der Waals surface area contributed by atoms with Crippen molar-refractivity contribution in [1.82, 2.24) is 9.13 Å². The molecular formula is C22H24ClN2NaO3. The Hall–Kier alpha value is -1.53. The molecule has 0 fully saturated rings. The molecule has 5 nitrogen and oxygen atoms in total. The number of aryl methyl sites for hydroxylation is 1. The maximum absolute atomic E-state index is 13.0. The first kappa shape index (κ1) is 23.7. The molecule has 148 valence electrons. The molecule has 1 heterocycles. The molecule has 0 bridgehead atoms. The van der Waals surface area contributed by atoms with Gasteiger partial charge >= 0.3 is 35.2 Å². The van der Waals surface area contributed by atoms with Gasteiger partial charge in [-0.05, 0) is 49.1 Å². The number of hydrogen-bond donors (Lipinski definition) is 0. The number of imidazole rings is 1. The van der Waals surface area contributed by atoms with E-state index < -0.39 is 5.97 Å². The molecular weight excluding hydrogens is 399 g/mol. The van der Waals surface area contributed by atoms with E-state index in [2.05, 4.69) is 0 Å². The number of hydrogen-bond acceptors (Lipinski definition) is 3.